The Labute approximate surface area is 93.8 Å². The molecular formula is C9H8N4O4. The first-order valence-electron chi connectivity index (χ1n) is 4.57. The molecule has 2 aromatic rings. The van der Waals surface area contributed by atoms with Gasteiger partial charge in [0.25, 0.3) is 5.56 Å². The summed E-state index contributed by atoms with van der Waals surface area (Å²) >= 11 is 0. The normalized spacial score (nSPS) is 10.4. The molecule has 2 rings (SSSR count). The molecule has 0 spiro atoms. The van der Waals surface area contributed by atoms with Gasteiger partial charge in [0, 0.05) is 19.4 Å². The summed E-state index contributed by atoms with van der Waals surface area (Å²) in [7, 11) is 1.65. The lowest BCUT2D eigenvalue weighted by atomic mass is 10.3. The number of H-pyrrole nitrogens is 1. The lowest BCUT2D eigenvalue weighted by Gasteiger charge is -2.01. The number of rotatable bonds is 2. The molecule has 0 amide bonds. The molecule has 0 aliphatic heterocycles. The first kappa shape index (κ1) is 10.9. The van der Waals surface area contributed by atoms with Crippen molar-refractivity contribution in [3.63, 3.8) is 0 Å². The van der Waals surface area contributed by atoms with Crippen molar-refractivity contribution < 1.29 is 9.90 Å². The van der Waals surface area contributed by atoms with E-state index >= 15 is 0 Å². The molecular weight excluding hydrogens is 228 g/mol. The number of hydrogen-bond donors (Lipinski definition) is 2. The Balaban J connectivity index is 2.71. The van der Waals surface area contributed by atoms with Crippen LogP contribution in [0.25, 0.3) is 5.69 Å². The van der Waals surface area contributed by atoms with Crippen LogP contribution in [0.4, 0.5) is 0 Å². The van der Waals surface area contributed by atoms with Crippen LogP contribution in [-0.2, 0) is 7.05 Å². The zero-order chi connectivity index (χ0) is 12.6. The minimum Gasteiger partial charge on any atom is -0.477 e. The van der Waals surface area contributed by atoms with Gasteiger partial charge in [0.1, 0.15) is 5.56 Å². The number of aromatic nitrogens is 4. The van der Waals surface area contributed by atoms with Crippen LogP contribution in [0.3, 0.4) is 0 Å². The maximum atomic E-state index is 11.5. The standard InChI is InChI=1S/C9H8N4O4/c1-12-3-5(2-10-12)13-4-6(8(15)16)7(14)11-9(13)17/h2-4H,1H3,(H,15,16)(H,11,14,17). The molecule has 0 atom stereocenters. The summed E-state index contributed by atoms with van der Waals surface area (Å²) in [5.74, 6) is -1.40. The Hall–Kier alpha value is -2.64. The van der Waals surface area contributed by atoms with Gasteiger partial charge in [0.05, 0.1) is 11.9 Å². The van der Waals surface area contributed by atoms with Crippen LogP contribution < -0.4 is 11.2 Å². The van der Waals surface area contributed by atoms with E-state index in [1.165, 1.54) is 17.1 Å². The molecule has 88 valence electrons. The lowest BCUT2D eigenvalue weighted by Crippen LogP contribution is -2.32. The van der Waals surface area contributed by atoms with Crippen LogP contribution in [-0.4, -0.2) is 30.4 Å². The number of carboxylic acids is 1. The Morgan fingerprint density at radius 2 is 2.12 bits per heavy atom. The van der Waals surface area contributed by atoms with Crippen molar-refractivity contribution in [2.45, 2.75) is 0 Å². The Kier molecular flexibility index (Phi) is 2.39. The van der Waals surface area contributed by atoms with Gasteiger partial charge in [0.2, 0.25) is 0 Å². The molecule has 2 aromatic heterocycles. The number of aromatic amines is 1. The van der Waals surface area contributed by atoms with Gasteiger partial charge in [-0.2, -0.15) is 5.10 Å². The van der Waals surface area contributed by atoms with E-state index < -0.39 is 22.8 Å². The van der Waals surface area contributed by atoms with E-state index in [1.54, 1.807) is 7.05 Å². The average molecular weight is 236 g/mol. The Morgan fingerprint density at radius 1 is 1.41 bits per heavy atom. The van der Waals surface area contributed by atoms with E-state index in [0.29, 0.717) is 5.69 Å². The van der Waals surface area contributed by atoms with Crippen LogP contribution in [0.5, 0.6) is 0 Å². The molecule has 0 bridgehead atoms. The predicted octanol–water partition coefficient (Wildman–Crippen LogP) is -1.04. The van der Waals surface area contributed by atoms with Gasteiger partial charge in [-0.15, -0.1) is 0 Å². The van der Waals surface area contributed by atoms with Crippen LogP contribution in [0.15, 0.2) is 28.2 Å². The minimum absolute atomic E-state index is 0.372. The molecule has 0 saturated carbocycles. The van der Waals surface area contributed by atoms with Gasteiger partial charge in [-0.05, 0) is 0 Å². The number of nitrogens with zero attached hydrogens (tertiary/aromatic N) is 3. The van der Waals surface area contributed by atoms with Gasteiger partial charge in [-0.1, -0.05) is 0 Å². The molecule has 0 radical (unpaired) electrons. The highest BCUT2D eigenvalue weighted by Crippen LogP contribution is 2.01. The fourth-order valence-corrected chi connectivity index (χ4v) is 1.35. The molecule has 0 aromatic carbocycles. The third kappa shape index (κ3) is 1.87. The smallest absolute Gasteiger partial charge is 0.342 e. The van der Waals surface area contributed by atoms with E-state index in [4.69, 9.17) is 5.11 Å². The fraction of sp³-hybridized carbons (Fsp3) is 0.111. The first-order valence-corrected chi connectivity index (χ1v) is 4.57. The molecule has 0 fully saturated rings. The van der Waals surface area contributed by atoms with Crippen molar-refractivity contribution in [1.82, 2.24) is 19.3 Å². The van der Waals surface area contributed by atoms with Crippen molar-refractivity contribution >= 4 is 5.97 Å². The molecule has 0 unspecified atom stereocenters. The third-order valence-corrected chi connectivity index (χ3v) is 2.14. The molecule has 17 heavy (non-hydrogen) atoms. The number of aryl methyl sites for hydroxylation is 1. The molecule has 2 heterocycles. The van der Waals surface area contributed by atoms with Gasteiger partial charge < -0.3 is 5.11 Å². The highest BCUT2D eigenvalue weighted by Gasteiger charge is 2.12. The molecule has 0 saturated heterocycles. The quantitative estimate of drug-likeness (QED) is 0.691. The Morgan fingerprint density at radius 3 is 2.65 bits per heavy atom. The van der Waals surface area contributed by atoms with Crippen molar-refractivity contribution in [3.05, 3.63) is 45.0 Å². The van der Waals surface area contributed by atoms with Crippen molar-refractivity contribution in [3.8, 4) is 5.69 Å². The highest BCUT2D eigenvalue weighted by atomic mass is 16.4. The van der Waals surface area contributed by atoms with Gasteiger partial charge in [0.15, 0.2) is 0 Å². The first-order chi connectivity index (χ1) is 7.99. The lowest BCUT2D eigenvalue weighted by molar-refractivity contribution is 0.0694. The number of hydrogen-bond acceptors (Lipinski definition) is 4. The second-order valence-electron chi connectivity index (χ2n) is 3.35. The summed E-state index contributed by atoms with van der Waals surface area (Å²) in [6.07, 6.45) is 3.87. The Bertz CT molecular complexity index is 694. The van der Waals surface area contributed by atoms with Crippen LogP contribution in [0.1, 0.15) is 10.4 Å². The average Bonchev–Trinajstić information content (AvgIpc) is 2.64. The zero-order valence-electron chi connectivity index (χ0n) is 8.75. The molecule has 0 aliphatic rings. The van der Waals surface area contributed by atoms with E-state index in [9.17, 15) is 14.4 Å². The monoisotopic (exact) mass is 236 g/mol. The SMILES string of the molecule is Cn1cc(-n2cc(C(=O)O)c(=O)[nH]c2=O)cn1. The van der Waals surface area contributed by atoms with E-state index in [1.807, 2.05) is 4.98 Å². The van der Waals surface area contributed by atoms with Crippen molar-refractivity contribution in [1.29, 1.82) is 0 Å². The predicted molar refractivity (Wildman–Crippen MR) is 56.4 cm³/mol. The maximum absolute atomic E-state index is 11.5. The zero-order valence-corrected chi connectivity index (χ0v) is 8.75. The maximum Gasteiger partial charge on any atom is 0.342 e. The van der Waals surface area contributed by atoms with E-state index in [2.05, 4.69) is 5.10 Å². The summed E-state index contributed by atoms with van der Waals surface area (Å²) in [6.45, 7) is 0. The molecule has 8 heteroatoms. The molecule has 8 nitrogen and oxygen atoms in total. The summed E-state index contributed by atoms with van der Waals surface area (Å²) < 4.78 is 2.46. The summed E-state index contributed by atoms with van der Waals surface area (Å²) in [5, 5.41) is 12.6. The minimum atomic E-state index is -1.40. The van der Waals surface area contributed by atoms with Crippen molar-refractivity contribution in [2.24, 2.45) is 7.05 Å². The fourth-order valence-electron chi connectivity index (χ4n) is 1.35. The summed E-state index contributed by atoms with van der Waals surface area (Å²) in [4.78, 5) is 35.4. The van der Waals surface area contributed by atoms with Crippen molar-refractivity contribution in [2.75, 3.05) is 0 Å². The van der Waals surface area contributed by atoms with E-state index in [-0.39, 0.29) is 0 Å². The highest BCUT2D eigenvalue weighted by molar-refractivity contribution is 5.86. The second kappa shape index (κ2) is 3.74. The third-order valence-electron chi connectivity index (χ3n) is 2.14. The van der Waals surface area contributed by atoms with Crippen LogP contribution >= 0.6 is 0 Å². The topological polar surface area (TPSA) is 110 Å². The van der Waals surface area contributed by atoms with Crippen LogP contribution in [0.2, 0.25) is 0 Å². The van der Waals surface area contributed by atoms with Gasteiger partial charge in [-0.3, -0.25) is 19.0 Å². The molecule has 2 N–H and O–H groups in total. The van der Waals surface area contributed by atoms with Gasteiger partial charge >= 0.3 is 11.7 Å². The largest absolute Gasteiger partial charge is 0.477 e. The number of carboxylic acid groups (broad SMARTS) is 1. The summed E-state index contributed by atoms with van der Waals surface area (Å²) in [6, 6.07) is 0. The van der Waals surface area contributed by atoms with Gasteiger partial charge in [-0.25, -0.2) is 9.59 Å². The summed E-state index contributed by atoms with van der Waals surface area (Å²) in [5.41, 5.74) is -1.78. The number of aromatic carboxylic acids is 1. The van der Waals surface area contributed by atoms with Crippen LogP contribution in [0, 0.1) is 0 Å². The second-order valence-corrected chi connectivity index (χ2v) is 3.35. The number of nitrogens with one attached hydrogen (secondary N) is 1. The number of carbonyl (C=O) groups is 1. The molecule has 0 aliphatic carbocycles. The van der Waals surface area contributed by atoms with E-state index in [0.717, 1.165) is 10.8 Å².